The molecule has 0 saturated heterocycles. The minimum atomic E-state index is -0.0756. The third-order valence-corrected chi connectivity index (χ3v) is 4.85. The average Bonchev–Trinajstić information content (AvgIpc) is 3.38. The maximum Gasteiger partial charge on any atom is 0.191 e. The number of rotatable bonds is 7. The van der Waals surface area contributed by atoms with E-state index in [1.54, 1.807) is 11.8 Å². The van der Waals surface area contributed by atoms with Gasteiger partial charge in [0.15, 0.2) is 5.16 Å². The van der Waals surface area contributed by atoms with Gasteiger partial charge in [-0.05, 0) is 32.1 Å². The third-order valence-electron chi connectivity index (χ3n) is 3.75. The summed E-state index contributed by atoms with van der Waals surface area (Å²) < 4.78 is 2.31. The van der Waals surface area contributed by atoms with E-state index in [9.17, 15) is 0 Å². The van der Waals surface area contributed by atoms with Gasteiger partial charge in [0, 0.05) is 24.1 Å². The maximum absolute atomic E-state index is 9.11. The smallest absolute Gasteiger partial charge is 0.191 e. The number of thioether (sulfide) groups is 1. The summed E-state index contributed by atoms with van der Waals surface area (Å²) in [5.41, 5.74) is 0. The summed E-state index contributed by atoms with van der Waals surface area (Å²) in [6.07, 6.45) is 6.01. The number of hydrogen-bond acceptors (Lipinski definition) is 5. The zero-order valence-electron chi connectivity index (χ0n) is 11.3. The Balaban J connectivity index is 1.65. The van der Waals surface area contributed by atoms with Crippen molar-refractivity contribution < 1.29 is 0 Å². The van der Waals surface area contributed by atoms with Crippen molar-refractivity contribution in [3.8, 4) is 12.1 Å². The zero-order valence-corrected chi connectivity index (χ0v) is 12.1. The first kappa shape index (κ1) is 13.5. The predicted octanol–water partition coefficient (Wildman–Crippen LogP) is 3.03. The summed E-state index contributed by atoms with van der Waals surface area (Å²) in [5.74, 6) is 2.39. The summed E-state index contributed by atoms with van der Waals surface area (Å²) in [6.45, 7) is 0. The van der Waals surface area contributed by atoms with E-state index in [4.69, 9.17) is 10.5 Å². The van der Waals surface area contributed by atoms with Gasteiger partial charge in [-0.25, -0.2) is 0 Å². The normalized spacial score (nSPS) is 19.3. The van der Waals surface area contributed by atoms with Crippen LogP contribution in [-0.4, -0.2) is 20.5 Å². The SMILES string of the molecule is N#CCC[C@H](C#N)CSc1nnc(C2CC2)n1C1CC1. The first-order valence-electron chi connectivity index (χ1n) is 7.17. The molecule has 1 heterocycles. The molecule has 2 fully saturated rings. The van der Waals surface area contributed by atoms with E-state index in [0.717, 1.165) is 11.0 Å². The Morgan fingerprint density at radius 2 is 2.05 bits per heavy atom. The van der Waals surface area contributed by atoms with Crippen LogP contribution in [0.5, 0.6) is 0 Å². The molecule has 2 aliphatic rings. The van der Waals surface area contributed by atoms with Gasteiger partial charge in [-0.1, -0.05) is 11.8 Å². The van der Waals surface area contributed by atoms with Crippen LogP contribution in [0, 0.1) is 28.6 Å². The molecule has 2 aliphatic carbocycles. The molecule has 3 rings (SSSR count). The van der Waals surface area contributed by atoms with Gasteiger partial charge in [-0.15, -0.1) is 10.2 Å². The van der Waals surface area contributed by atoms with E-state index in [2.05, 4.69) is 26.9 Å². The monoisotopic (exact) mass is 287 g/mol. The van der Waals surface area contributed by atoms with Crippen LogP contribution >= 0.6 is 11.8 Å². The van der Waals surface area contributed by atoms with Crippen LogP contribution in [0.15, 0.2) is 5.16 Å². The van der Waals surface area contributed by atoms with Gasteiger partial charge < -0.3 is 4.57 Å². The first-order chi connectivity index (χ1) is 9.83. The predicted molar refractivity (Wildman–Crippen MR) is 74.9 cm³/mol. The van der Waals surface area contributed by atoms with Crippen molar-refractivity contribution in [2.24, 2.45) is 5.92 Å². The molecule has 2 saturated carbocycles. The second kappa shape index (κ2) is 5.85. The topological polar surface area (TPSA) is 78.3 Å². The molecule has 1 aromatic rings. The minimum absolute atomic E-state index is 0.0756. The van der Waals surface area contributed by atoms with Crippen LogP contribution in [0.3, 0.4) is 0 Å². The zero-order chi connectivity index (χ0) is 13.9. The lowest BCUT2D eigenvalue weighted by atomic mass is 10.1. The Bertz CT molecular complexity index is 559. The van der Waals surface area contributed by atoms with Crippen molar-refractivity contribution >= 4 is 11.8 Å². The van der Waals surface area contributed by atoms with Gasteiger partial charge in [0.25, 0.3) is 0 Å². The molecule has 0 bridgehead atoms. The third kappa shape index (κ3) is 2.96. The molecule has 5 nitrogen and oxygen atoms in total. The second-order valence-corrected chi connectivity index (χ2v) is 6.54. The van der Waals surface area contributed by atoms with Crippen molar-refractivity contribution in [1.29, 1.82) is 10.5 Å². The molecule has 0 N–H and O–H groups in total. The molecule has 0 amide bonds. The number of nitriles is 2. The summed E-state index contributed by atoms with van der Waals surface area (Å²) >= 11 is 1.62. The standard InChI is InChI=1S/C14H17N5S/c15-7-1-2-10(8-16)9-20-14-18-17-13(11-3-4-11)19(14)12-5-6-12/h10-12H,1-6,9H2/t10-/m1/s1. The van der Waals surface area contributed by atoms with Crippen molar-refractivity contribution in [1.82, 2.24) is 14.8 Å². The molecule has 0 aliphatic heterocycles. The van der Waals surface area contributed by atoms with Crippen LogP contribution in [0.25, 0.3) is 0 Å². The fourth-order valence-electron chi connectivity index (χ4n) is 2.28. The molecular formula is C14H17N5S. The lowest BCUT2D eigenvalue weighted by Gasteiger charge is -2.09. The van der Waals surface area contributed by atoms with Gasteiger partial charge in [0.1, 0.15) is 5.82 Å². The average molecular weight is 287 g/mol. The second-order valence-electron chi connectivity index (χ2n) is 5.55. The lowest BCUT2D eigenvalue weighted by molar-refractivity contribution is 0.624. The molecule has 0 spiro atoms. The van der Waals surface area contributed by atoms with Crippen molar-refractivity contribution in [2.75, 3.05) is 5.75 Å². The van der Waals surface area contributed by atoms with Gasteiger partial charge >= 0.3 is 0 Å². The van der Waals surface area contributed by atoms with Gasteiger partial charge in [-0.2, -0.15) is 10.5 Å². The molecule has 1 atom stereocenters. The molecule has 6 heteroatoms. The van der Waals surface area contributed by atoms with E-state index >= 15 is 0 Å². The highest BCUT2D eigenvalue weighted by molar-refractivity contribution is 7.99. The van der Waals surface area contributed by atoms with E-state index in [1.807, 2.05) is 0 Å². The number of nitrogens with zero attached hydrogens (tertiary/aromatic N) is 5. The van der Waals surface area contributed by atoms with Crippen molar-refractivity contribution in [3.63, 3.8) is 0 Å². The molecular weight excluding hydrogens is 270 g/mol. The van der Waals surface area contributed by atoms with Crippen LogP contribution in [0.2, 0.25) is 0 Å². The maximum atomic E-state index is 9.11. The van der Waals surface area contributed by atoms with E-state index in [-0.39, 0.29) is 5.92 Å². The summed E-state index contributed by atoms with van der Waals surface area (Å²) in [4.78, 5) is 0. The highest BCUT2D eigenvalue weighted by Crippen LogP contribution is 2.46. The molecule has 1 aromatic heterocycles. The highest BCUT2D eigenvalue weighted by atomic mass is 32.2. The molecule has 104 valence electrons. The van der Waals surface area contributed by atoms with Crippen LogP contribution in [0.1, 0.15) is 56.3 Å². The Hall–Kier alpha value is -1.53. The molecule has 0 unspecified atom stereocenters. The Morgan fingerprint density at radius 3 is 2.65 bits per heavy atom. The molecule has 20 heavy (non-hydrogen) atoms. The first-order valence-corrected chi connectivity index (χ1v) is 8.16. The molecule has 0 radical (unpaired) electrons. The van der Waals surface area contributed by atoms with E-state index in [0.29, 0.717) is 30.6 Å². The van der Waals surface area contributed by atoms with Crippen LogP contribution in [-0.2, 0) is 0 Å². The van der Waals surface area contributed by atoms with Crippen molar-refractivity contribution in [2.45, 2.75) is 55.6 Å². The molecule has 0 aromatic carbocycles. The fraction of sp³-hybridized carbons (Fsp3) is 0.714. The fourth-order valence-corrected chi connectivity index (χ4v) is 3.35. The van der Waals surface area contributed by atoms with Gasteiger partial charge in [0.2, 0.25) is 0 Å². The van der Waals surface area contributed by atoms with Gasteiger partial charge in [0.05, 0.1) is 18.1 Å². The summed E-state index contributed by atoms with van der Waals surface area (Å²) in [5, 5.41) is 27.4. The largest absolute Gasteiger partial charge is 0.303 e. The van der Waals surface area contributed by atoms with E-state index < -0.39 is 0 Å². The Kier molecular flexibility index (Phi) is 3.93. The summed E-state index contributed by atoms with van der Waals surface area (Å²) in [7, 11) is 0. The minimum Gasteiger partial charge on any atom is -0.303 e. The number of aromatic nitrogens is 3. The highest BCUT2D eigenvalue weighted by Gasteiger charge is 2.36. The Morgan fingerprint density at radius 1 is 1.25 bits per heavy atom. The van der Waals surface area contributed by atoms with Crippen LogP contribution in [0.4, 0.5) is 0 Å². The van der Waals surface area contributed by atoms with Crippen LogP contribution < -0.4 is 0 Å². The van der Waals surface area contributed by atoms with E-state index in [1.165, 1.54) is 25.7 Å². The lowest BCUT2D eigenvalue weighted by Crippen LogP contribution is -2.05. The Labute approximate surface area is 123 Å². The number of hydrogen-bond donors (Lipinski definition) is 0. The summed E-state index contributed by atoms with van der Waals surface area (Å²) in [6, 6.07) is 4.97. The van der Waals surface area contributed by atoms with Crippen molar-refractivity contribution in [3.05, 3.63) is 5.82 Å². The quantitative estimate of drug-likeness (QED) is 0.720. The van der Waals surface area contributed by atoms with Gasteiger partial charge in [-0.3, -0.25) is 0 Å².